The first-order valence-electron chi connectivity index (χ1n) is 8.49. The van der Waals surface area contributed by atoms with Gasteiger partial charge in [-0.15, -0.1) is 0 Å². The molecule has 0 aromatic heterocycles. The minimum absolute atomic E-state index is 0.0201. The molecule has 5 nitrogen and oxygen atoms in total. The van der Waals surface area contributed by atoms with Gasteiger partial charge in [-0.05, 0) is 53.6 Å². The van der Waals surface area contributed by atoms with E-state index in [-0.39, 0.29) is 5.69 Å². The molecule has 29 heavy (non-hydrogen) atoms. The SMILES string of the molecule is N#C/C(=C/c1ccc(OCc2ccc(Cl)cc2Cl)cc1)c1ccc([N+](=O)[O-])cc1. The number of hydrogen-bond donors (Lipinski definition) is 0. The molecule has 0 fully saturated rings. The molecule has 144 valence electrons. The third-order valence-corrected chi connectivity index (χ3v) is 4.70. The van der Waals surface area contributed by atoms with E-state index in [1.807, 2.05) is 18.2 Å². The molecule has 3 aromatic rings. The van der Waals surface area contributed by atoms with Gasteiger partial charge in [0, 0.05) is 27.7 Å². The van der Waals surface area contributed by atoms with Crippen LogP contribution in [0.5, 0.6) is 5.75 Å². The van der Waals surface area contributed by atoms with Gasteiger partial charge in [-0.2, -0.15) is 5.26 Å². The lowest BCUT2D eigenvalue weighted by Gasteiger charge is -2.08. The first kappa shape index (κ1) is 20.4. The fraction of sp³-hybridized carbons (Fsp3) is 0.0455. The van der Waals surface area contributed by atoms with Crippen LogP contribution < -0.4 is 4.74 Å². The number of nitro groups is 1. The summed E-state index contributed by atoms with van der Waals surface area (Å²) in [5, 5.41) is 21.3. The van der Waals surface area contributed by atoms with Crippen LogP contribution in [0.1, 0.15) is 16.7 Å². The lowest BCUT2D eigenvalue weighted by Crippen LogP contribution is -1.96. The second-order valence-electron chi connectivity index (χ2n) is 6.07. The first-order valence-corrected chi connectivity index (χ1v) is 9.25. The molecule has 0 atom stereocenters. The van der Waals surface area contributed by atoms with E-state index in [2.05, 4.69) is 6.07 Å². The second-order valence-corrected chi connectivity index (χ2v) is 6.91. The van der Waals surface area contributed by atoms with E-state index in [4.69, 9.17) is 27.9 Å². The van der Waals surface area contributed by atoms with Crippen molar-refractivity contribution in [1.82, 2.24) is 0 Å². The largest absolute Gasteiger partial charge is 0.489 e. The van der Waals surface area contributed by atoms with Gasteiger partial charge >= 0.3 is 0 Å². The molecule has 3 aromatic carbocycles. The number of non-ortho nitro benzene ring substituents is 1. The Morgan fingerprint density at radius 1 is 1.07 bits per heavy atom. The Hall–Kier alpha value is -3.33. The molecule has 0 spiro atoms. The highest BCUT2D eigenvalue weighted by Crippen LogP contribution is 2.24. The van der Waals surface area contributed by atoms with Crippen molar-refractivity contribution in [2.24, 2.45) is 0 Å². The standard InChI is InChI=1S/C22H14Cl2N2O3/c23-19-6-3-17(22(24)12-19)14-29-21-9-1-15(2-10-21)11-18(13-25)16-4-7-20(8-5-16)26(27)28/h1-12H,14H2/b18-11-. The third-order valence-electron chi connectivity index (χ3n) is 4.11. The highest BCUT2D eigenvalue weighted by molar-refractivity contribution is 6.35. The monoisotopic (exact) mass is 424 g/mol. The van der Waals surface area contributed by atoms with Gasteiger partial charge in [0.2, 0.25) is 0 Å². The van der Waals surface area contributed by atoms with E-state index in [1.165, 1.54) is 12.1 Å². The topological polar surface area (TPSA) is 76.2 Å². The maximum absolute atomic E-state index is 10.8. The van der Waals surface area contributed by atoms with E-state index < -0.39 is 4.92 Å². The van der Waals surface area contributed by atoms with Crippen molar-refractivity contribution < 1.29 is 9.66 Å². The molecule has 0 N–H and O–H groups in total. The highest BCUT2D eigenvalue weighted by Gasteiger charge is 2.07. The molecule has 0 aliphatic rings. The summed E-state index contributed by atoms with van der Waals surface area (Å²) >= 11 is 12.0. The van der Waals surface area contributed by atoms with Gasteiger partial charge in [0.1, 0.15) is 12.4 Å². The van der Waals surface area contributed by atoms with Gasteiger partial charge in [0.25, 0.3) is 5.69 Å². The number of rotatable bonds is 6. The predicted molar refractivity (Wildman–Crippen MR) is 114 cm³/mol. The average Bonchev–Trinajstić information content (AvgIpc) is 2.72. The molecular formula is C22H14Cl2N2O3. The Morgan fingerprint density at radius 2 is 1.76 bits per heavy atom. The van der Waals surface area contributed by atoms with Crippen LogP contribution in [0.2, 0.25) is 10.0 Å². The minimum atomic E-state index is -0.477. The minimum Gasteiger partial charge on any atom is -0.489 e. The summed E-state index contributed by atoms with van der Waals surface area (Å²) < 4.78 is 5.74. The molecule has 0 radical (unpaired) electrons. The molecule has 7 heteroatoms. The van der Waals surface area contributed by atoms with Crippen molar-refractivity contribution in [3.05, 3.63) is 104 Å². The molecular weight excluding hydrogens is 411 g/mol. The summed E-state index contributed by atoms with van der Waals surface area (Å²) in [6, 6.07) is 20.4. The number of allylic oxidation sites excluding steroid dienone is 1. The van der Waals surface area contributed by atoms with Crippen LogP contribution >= 0.6 is 23.2 Å². The fourth-order valence-corrected chi connectivity index (χ4v) is 3.03. The lowest BCUT2D eigenvalue weighted by atomic mass is 10.0. The van der Waals surface area contributed by atoms with Crippen molar-refractivity contribution in [1.29, 1.82) is 5.26 Å². The van der Waals surface area contributed by atoms with E-state index in [9.17, 15) is 15.4 Å². The fourth-order valence-electron chi connectivity index (χ4n) is 2.57. The van der Waals surface area contributed by atoms with Crippen molar-refractivity contribution in [2.45, 2.75) is 6.61 Å². The molecule has 0 unspecified atom stereocenters. The normalized spacial score (nSPS) is 11.0. The summed E-state index contributed by atoms with van der Waals surface area (Å²) in [4.78, 5) is 10.3. The number of benzene rings is 3. The molecule has 0 aliphatic carbocycles. The molecule has 0 bridgehead atoms. The average molecular weight is 425 g/mol. The summed E-state index contributed by atoms with van der Waals surface area (Å²) in [5.74, 6) is 0.655. The molecule has 0 amide bonds. The maximum Gasteiger partial charge on any atom is 0.269 e. The van der Waals surface area contributed by atoms with Crippen LogP contribution in [0.25, 0.3) is 11.6 Å². The van der Waals surface area contributed by atoms with E-state index in [0.717, 1.165) is 11.1 Å². The number of nitriles is 1. The Morgan fingerprint density at radius 3 is 2.34 bits per heavy atom. The van der Waals surface area contributed by atoms with Gasteiger partial charge in [0.05, 0.1) is 16.6 Å². The van der Waals surface area contributed by atoms with Gasteiger partial charge in [-0.1, -0.05) is 41.4 Å². The Labute approximate surface area is 177 Å². The smallest absolute Gasteiger partial charge is 0.269 e. The molecule has 0 saturated heterocycles. The molecule has 0 heterocycles. The van der Waals surface area contributed by atoms with E-state index >= 15 is 0 Å². The van der Waals surface area contributed by atoms with Crippen LogP contribution in [0.15, 0.2) is 66.7 Å². The maximum atomic E-state index is 10.8. The number of nitrogens with zero attached hydrogens (tertiary/aromatic N) is 2. The zero-order valence-electron chi connectivity index (χ0n) is 15.0. The number of hydrogen-bond acceptors (Lipinski definition) is 4. The summed E-state index contributed by atoms with van der Waals surface area (Å²) in [5.41, 5.74) is 2.62. The summed E-state index contributed by atoms with van der Waals surface area (Å²) in [7, 11) is 0. The van der Waals surface area contributed by atoms with Gasteiger partial charge in [-0.25, -0.2) is 0 Å². The van der Waals surface area contributed by atoms with Crippen molar-refractivity contribution in [3.8, 4) is 11.8 Å². The predicted octanol–water partition coefficient (Wildman–Crippen LogP) is 6.54. The third kappa shape index (κ3) is 5.35. The van der Waals surface area contributed by atoms with Crippen LogP contribution in [0, 0.1) is 21.4 Å². The Kier molecular flexibility index (Phi) is 6.50. The Bertz CT molecular complexity index is 1100. The number of halogens is 2. The second kappa shape index (κ2) is 9.24. The van der Waals surface area contributed by atoms with E-state index in [1.54, 1.807) is 42.5 Å². The van der Waals surface area contributed by atoms with Gasteiger partial charge < -0.3 is 4.74 Å². The van der Waals surface area contributed by atoms with Crippen molar-refractivity contribution in [3.63, 3.8) is 0 Å². The lowest BCUT2D eigenvalue weighted by molar-refractivity contribution is -0.384. The molecule has 0 saturated carbocycles. The Balaban J connectivity index is 1.71. The van der Waals surface area contributed by atoms with Gasteiger partial charge in [-0.3, -0.25) is 10.1 Å². The molecule has 0 aliphatic heterocycles. The zero-order chi connectivity index (χ0) is 20.8. The van der Waals surface area contributed by atoms with Crippen LogP contribution in [0.4, 0.5) is 5.69 Å². The number of ether oxygens (including phenoxy) is 1. The van der Waals surface area contributed by atoms with Crippen LogP contribution in [-0.2, 0) is 6.61 Å². The quantitative estimate of drug-likeness (QED) is 0.194. The van der Waals surface area contributed by atoms with Crippen LogP contribution in [-0.4, -0.2) is 4.92 Å². The molecule has 3 rings (SSSR count). The summed E-state index contributed by atoms with van der Waals surface area (Å²) in [6.07, 6.45) is 1.71. The van der Waals surface area contributed by atoms with E-state index in [0.29, 0.717) is 33.5 Å². The van der Waals surface area contributed by atoms with Crippen molar-refractivity contribution in [2.75, 3.05) is 0 Å². The van der Waals surface area contributed by atoms with Gasteiger partial charge in [0.15, 0.2) is 0 Å². The highest BCUT2D eigenvalue weighted by atomic mass is 35.5. The summed E-state index contributed by atoms with van der Waals surface area (Å²) in [6.45, 7) is 0.303. The van der Waals surface area contributed by atoms with Crippen LogP contribution in [0.3, 0.4) is 0 Å². The number of nitro benzene ring substituents is 1. The first-order chi connectivity index (χ1) is 14.0. The zero-order valence-corrected chi connectivity index (χ0v) is 16.5. The van der Waals surface area contributed by atoms with Crippen molar-refractivity contribution >= 4 is 40.5 Å².